The molecule has 194 valence electrons. The average Bonchev–Trinajstić information content (AvgIpc) is 2.90. The number of hydrogen-bond donors (Lipinski definition) is 2. The molecule has 0 spiro atoms. The fourth-order valence-electron chi connectivity index (χ4n) is 4.00. The zero-order valence-corrected chi connectivity index (χ0v) is 19.4. The zero-order chi connectivity index (χ0) is 27.1. The molecule has 0 aromatic heterocycles. The smallest absolute Gasteiger partial charge is 0.395 e. The Labute approximate surface area is 203 Å². The van der Waals surface area contributed by atoms with E-state index in [1.54, 1.807) is 24.3 Å². The first-order chi connectivity index (χ1) is 16.6. The molecule has 0 bridgehead atoms. The van der Waals surface area contributed by atoms with Crippen LogP contribution in [-0.4, -0.2) is 59.5 Å². The molecule has 3 amide bonds. The molecule has 2 aromatic rings. The number of nitrogens with two attached hydrogens (primary N) is 1. The molecular formula is C24H24F5N3O4. The van der Waals surface area contributed by atoms with Crippen LogP contribution in [0.15, 0.2) is 48.5 Å². The summed E-state index contributed by atoms with van der Waals surface area (Å²) in [4.78, 5) is 40.3. The van der Waals surface area contributed by atoms with Crippen LogP contribution in [0.1, 0.15) is 25.5 Å². The van der Waals surface area contributed by atoms with Crippen molar-refractivity contribution in [2.45, 2.75) is 32.0 Å². The van der Waals surface area contributed by atoms with Crippen molar-refractivity contribution in [2.24, 2.45) is 11.1 Å². The minimum atomic E-state index is -6.05. The van der Waals surface area contributed by atoms with E-state index in [0.29, 0.717) is 11.1 Å². The Morgan fingerprint density at radius 1 is 1.00 bits per heavy atom. The number of nitrogens with zero attached hydrogens (tertiary/aromatic N) is 2. The van der Waals surface area contributed by atoms with E-state index in [4.69, 9.17) is 5.73 Å². The number of fused-ring (bicyclic) bond motifs is 3. The predicted molar refractivity (Wildman–Crippen MR) is 120 cm³/mol. The van der Waals surface area contributed by atoms with E-state index >= 15 is 0 Å². The SMILES string of the molecule is CC(C)(C(N)=O)C(=O)N(CC(F)(F)C(F)(F)F)[C@@H]1C(=O)N(CCO)c2ccccc2-c2ccccc21. The number of hydrogen-bond acceptors (Lipinski definition) is 4. The molecule has 0 aliphatic carbocycles. The summed E-state index contributed by atoms with van der Waals surface area (Å²) in [6.07, 6.45) is -6.05. The van der Waals surface area contributed by atoms with Gasteiger partial charge < -0.3 is 20.6 Å². The number of benzene rings is 2. The van der Waals surface area contributed by atoms with Crippen LogP contribution < -0.4 is 10.6 Å². The Bertz CT molecular complexity index is 1180. The number of carbonyl (C=O) groups is 3. The third kappa shape index (κ3) is 4.64. The minimum absolute atomic E-state index is 0.0259. The molecule has 1 aliphatic heterocycles. The first-order valence-corrected chi connectivity index (χ1v) is 10.8. The standard InChI is InChI=1S/C24H24F5N3O4/c1-22(2,20(30)35)21(36)32(13-23(25,26)24(27,28)29)18-16-9-4-3-7-14(16)15-8-5-6-10-17(15)31(11-12-33)19(18)34/h3-10,18,33H,11-13H2,1-2H3,(H2,30,35)/t18-/m0/s1. The first kappa shape index (κ1) is 27.1. The van der Waals surface area contributed by atoms with Gasteiger partial charge in [0.1, 0.15) is 11.5 Å². The molecule has 36 heavy (non-hydrogen) atoms. The normalized spacial score (nSPS) is 16.2. The predicted octanol–water partition coefficient (Wildman–Crippen LogP) is 3.27. The van der Waals surface area contributed by atoms with Crippen LogP contribution in [0.2, 0.25) is 0 Å². The Morgan fingerprint density at radius 2 is 1.56 bits per heavy atom. The molecular weight excluding hydrogens is 489 g/mol. The van der Waals surface area contributed by atoms with Gasteiger partial charge in [-0.15, -0.1) is 0 Å². The van der Waals surface area contributed by atoms with Gasteiger partial charge in [0, 0.05) is 12.1 Å². The van der Waals surface area contributed by atoms with Gasteiger partial charge in [-0.25, -0.2) is 0 Å². The number of primary amides is 1. The number of aliphatic hydroxyl groups excluding tert-OH is 1. The van der Waals surface area contributed by atoms with Crippen molar-refractivity contribution in [1.29, 1.82) is 0 Å². The van der Waals surface area contributed by atoms with Crippen LogP contribution in [0.3, 0.4) is 0 Å². The molecule has 1 heterocycles. The van der Waals surface area contributed by atoms with Crippen molar-refractivity contribution in [2.75, 3.05) is 24.6 Å². The lowest BCUT2D eigenvalue weighted by atomic mass is 9.88. The molecule has 12 heteroatoms. The van der Waals surface area contributed by atoms with E-state index in [9.17, 15) is 41.4 Å². The summed E-state index contributed by atoms with van der Waals surface area (Å²) < 4.78 is 68.6. The summed E-state index contributed by atoms with van der Waals surface area (Å²) >= 11 is 0. The number of β-amino-alcohol motifs (C(OH)–C–C–N with tert-alkyl or cyclic N) is 1. The number of amides is 3. The Kier molecular flexibility index (Phi) is 7.13. The summed E-state index contributed by atoms with van der Waals surface area (Å²) in [6, 6.07) is 10.2. The molecule has 1 aliphatic rings. The number of carbonyl (C=O) groups excluding carboxylic acids is 3. The molecule has 0 unspecified atom stereocenters. The maximum Gasteiger partial charge on any atom is 0.455 e. The van der Waals surface area contributed by atoms with Gasteiger partial charge in [-0.05, 0) is 31.0 Å². The quantitative estimate of drug-likeness (QED) is 0.438. The van der Waals surface area contributed by atoms with Gasteiger partial charge >= 0.3 is 12.1 Å². The van der Waals surface area contributed by atoms with E-state index in [0.717, 1.165) is 18.7 Å². The summed E-state index contributed by atoms with van der Waals surface area (Å²) in [5.41, 5.74) is 4.01. The lowest BCUT2D eigenvalue weighted by molar-refractivity contribution is -0.286. The summed E-state index contributed by atoms with van der Waals surface area (Å²) in [7, 11) is 0. The second-order valence-corrected chi connectivity index (χ2v) is 8.84. The molecule has 0 radical (unpaired) electrons. The largest absolute Gasteiger partial charge is 0.455 e. The molecule has 7 nitrogen and oxygen atoms in total. The molecule has 1 atom stereocenters. The zero-order valence-electron chi connectivity index (χ0n) is 19.4. The van der Waals surface area contributed by atoms with Crippen molar-refractivity contribution in [3.63, 3.8) is 0 Å². The van der Waals surface area contributed by atoms with Crippen molar-refractivity contribution in [3.8, 4) is 11.1 Å². The average molecular weight is 513 g/mol. The number of aliphatic hydroxyl groups is 1. The Balaban J connectivity index is 2.33. The van der Waals surface area contributed by atoms with Crippen molar-refractivity contribution in [1.82, 2.24) is 4.90 Å². The second-order valence-electron chi connectivity index (χ2n) is 8.84. The van der Waals surface area contributed by atoms with E-state index in [-0.39, 0.29) is 22.7 Å². The first-order valence-electron chi connectivity index (χ1n) is 10.8. The summed E-state index contributed by atoms with van der Waals surface area (Å²) in [5, 5.41) is 9.60. The summed E-state index contributed by atoms with van der Waals surface area (Å²) in [6.45, 7) is -1.19. The molecule has 2 aromatic carbocycles. The van der Waals surface area contributed by atoms with Gasteiger partial charge in [0.2, 0.25) is 11.8 Å². The van der Waals surface area contributed by atoms with E-state index < -0.39 is 54.4 Å². The van der Waals surface area contributed by atoms with E-state index in [2.05, 4.69) is 0 Å². The molecule has 0 fully saturated rings. The number of rotatable bonds is 7. The third-order valence-electron chi connectivity index (χ3n) is 6.07. The van der Waals surface area contributed by atoms with Crippen LogP contribution in [0.25, 0.3) is 11.1 Å². The second kappa shape index (κ2) is 9.49. The highest BCUT2D eigenvalue weighted by Crippen LogP contribution is 2.45. The van der Waals surface area contributed by atoms with Crippen LogP contribution in [0.4, 0.5) is 27.6 Å². The highest BCUT2D eigenvalue weighted by Gasteiger charge is 2.60. The van der Waals surface area contributed by atoms with E-state index in [1.807, 2.05) is 0 Å². The molecule has 0 saturated carbocycles. The van der Waals surface area contributed by atoms with Gasteiger partial charge in [-0.3, -0.25) is 14.4 Å². The number of halogens is 5. The maximum absolute atomic E-state index is 14.4. The van der Waals surface area contributed by atoms with Gasteiger partial charge in [0.25, 0.3) is 5.91 Å². The molecule has 3 rings (SSSR count). The van der Waals surface area contributed by atoms with Crippen LogP contribution >= 0.6 is 0 Å². The Hall–Kier alpha value is -3.54. The fraction of sp³-hybridized carbons (Fsp3) is 0.375. The minimum Gasteiger partial charge on any atom is -0.395 e. The number of anilines is 1. The highest BCUT2D eigenvalue weighted by molar-refractivity contribution is 6.09. The Morgan fingerprint density at radius 3 is 2.11 bits per heavy atom. The molecule has 3 N–H and O–H groups in total. The monoisotopic (exact) mass is 513 g/mol. The van der Waals surface area contributed by atoms with Crippen molar-refractivity contribution in [3.05, 3.63) is 54.1 Å². The van der Waals surface area contributed by atoms with Crippen LogP contribution in [0.5, 0.6) is 0 Å². The van der Waals surface area contributed by atoms with Crippen LogP contribution in [-0.2, 0) is 14.4 Å². The molecule has 0 saturated heterocycles. The van der Waals surface area contributed by atoms with Gasteiger partial charge in [0.05, 0.1) is 18.8 Å². The maximum atomic E-state index is 14.4. The highest BCUT2D eigenvalue weighted by atomic mass is 19.4. The van der Waals surface area contributed by atoms with Gasteiger partial charge in [-0.2, -0.15) is 22.0 Å². The van der Waals surface area contributed by atoms with Crippen molar-refractivity contribution < 1.29 is 41.4 Å². The number of alkyl halides is 5. The number of para-hydroxylation sites is 1. The van der Waals surface area contributed by atoms with E-state index in [1.165, 1.54) is 24.3 Å². The fourth-order valence-corrected chi connectivity index (χ4v) is 4.00. The third-order valence-corrected chi connectivity index (χ3v) is 6.07. The lowest BCUT2D eigenvalue weighted by Crippen LogP contribution is -2.57. The van der Waals surface area contributed by atoms with Gasteiger partial charge in [-0.1, -0.05) is 42.5 Å². The lowest BCUT2D eigenvalue weighted by Gasteiger charge is -2.39. The van der Waals surface area contributed by atoms with Crippen LogP contribution in [0, 0.1) is 5.41 Å². The summed E-state index contributed by atoms with van der Waals surface area (Å²) in [5.74, 6) is -9.22. The van der Waals surface area contributed by atoms with Crippen molar-refractivity contribution >= 4 is 23.4 Å². The topological polar surface area (TPSA) is 104 Å². The van der Waals surface area contributed by atoms with Gasteiger partial charge in [0.15, 0.2) is 0 Å².